The molecule has 2 aromatic rings. The number of carbonyl (C=O) groups is 1. The second-order valence-electron chi connectivity index (χ2n) is 6.75. The van der Waals surface area contributed by atoms with Crippen LogP contribution in [0.15, 0.2) is 48.5 Å². The van der Waals surface area contributed by atoms with Gasteiger partial charge >= 0.3 is 0 Å². The molecule has 1 amide bonds. The maximum atomic E-state index is 13.1. The summed E-state index contributed by atoms with van der Waals surface area (Å²) in [6, 6.07) is 14.2. The van der Waals surface area contributed by atoms with Gasteiger partial charge in [0.05, 0.1) is 13.5 Å². The topological polar surface area (TPSA) is 29.5 Å². The van der Waals surface area contributed by atoms with Crippen molar-refractivity contribution < 1.29 is 13.9 Å². The molecule has 0 heterocycles. The van der Waals surface area contributed by atoms with Crippen LogP contribution in [0.3, 0.4) is 0 Å². The Balaban J connectivity index is 1.73. The van der Waals surface area contributed by atoms with Crippen molar-refractivity contribution in [3.63, 3.8) is 0 Å². The third-order valence-electron chi connectivity index (χ3n) is 4.90. The molecule has 1 saturated carbocycles. The number of amides is 1. The van der Waals surface area contributed by atoms with Crippen molar-refractivity contribution in [3.8, 4) is 5.75 Å². The SMILES string of the molecule is COc1ccc(CN(C(=O)Cc2ccc(F)cc2)C(C)C2CC2)cc1. The van der Waals surface area contributed by atoms with E-state index in [1.165, 1.54) is 25.0 Å². The van der Waals surface area contributed by atoms with Crippen molar-refractivity contribution in [1.29, 1.82) is 0 Å². The van der Waals surface area contributed by atoms with Crippen LogP contribution in [0.4, 0.5) is 4.39 Å². The second-order valence-corrected chi connectivity index (χ2v) is 6.75. The summed E-state index contributed by atoms with van der Waals surface area (Å²) in [4.78, 5) is 14.9. The molecule has 25 heavy (non-hydrogen) atoms. The number of hydrogen-bond donors (Lipinski definition) is 0. The minimum Gasteiger partial charge on any atom is -0.497 e. The molecule has 0 aromatic heterocycles. The molecule has 3 nitrogen and oxygen atoms in total. The number of nitrogens with zero attached hydrogens (tertiary/aromatic N) is 1. The third kappa shape index (κ3) is 4.59. The van der Waals surface area contributed by atoms with E-state index >= 15 is 0 Å². The summed E-state index contributed by atoms with van der Waals surface area (Å²) in [7, 11) is 1.64. The molecule has 1 aliphatic carbocycles. The number of carbonyl (C=O) groups excluding carboxylic acids is 1. The van der Waals surface area contributed by atoms with Crippen LogP contribution < -0.4 is 4.74 Å². The number of methoxy groups -OCH3 is 1. The highest BCUT2D eigenvalue weighted by Crippen LogP contribution is 2.36. The summed E-state index contributed by atoms with van der Waals surface area (Å²) in [6.45, 7) is 2.71. The molecule has 0 saturated heterocycles. The largest absolute Gasteiger partial charge is 0.497 e. The van der Waals surface area contributed by atoms with Crippen molar-refractivity contribution in [2.24, 2.45) is 5.92 Å². The molecular weight excluding hydrogens is 317 g/mol. The van der Waals surface area contributed by atoms with Gasteiger partial charge in [0.15, 0.2) is 0 Å². The Hall–Kier alpha value is -2.36. The Morgan fingerprint density at radius 2 is 1.72 bits per heavy atom. The van der Waals surface area contributed by atoms with Gasteiger partial charge in [0.1, 0.15) is 11.6 Å². The third-order valence-corrected chi connectivity index (χ3v) is 4.90. The van der Waals surface area contributed by atoms with Gasteiger partial charge in [0.25, 0.3) is 0 Å². The molecule has 0 spiro atoms. The number of rotatable bonds is 7. The van der Waals surface area contributed by atoms with Gasteiger partial charge in [0, 0.05) is 12.6 Å². The molecule has 0 aliphatic heterocycles. The molecular formula is C21H24FNO2. The summed E-state index contributed by atoms with van der Waals surface area (Å²) in [5.74, 6) is 1.21. The summed E-state index contributed by atoms with van der Waals surface area (Å²) in [6.07, 6.45) is 2.67. The summed E-state index contributed by atoms with van der Waals surface area (Å²) < 4.78 is 18.3. The fraction of sp³-hybridized carbons (Fsp3) is 0.381. The minimum atomic E-state index is -0.280. The number of ether oxygens (including phenoxy) is 1. The predicted molar refractivity (Wildman–Crippen MR) is 95.8 cm³/mol. The van der Waals surface area contributed by atoms with Gasteiger partial charge in [0.2, 0.25) is 5.91 Å². The van der Waals surface area contributed by atoms with E-state index < -0.39 is 0 Å². The maximum Gasteiger partial charge on any atom is 0.227 e. The Morgan fingerprint density at radius 3 is 2.28 bits per heavy atom. The van der Waals surface area contributed by atoms with E-state index in [1.807, 2.05) is 29.2 Å². The van der Waals surface area contributed by atoms with Crippen LogP contribution in [0.1, 0.15) is 30.9 Å². The Bertz CT molecular complexity index is 708. The van der Waals surface area contributed by atoms with Crippen LogP contribution in [0.25, 0.3) is 0 Å². The zero-order valence-corrected chi connectivity index (χ0v) is 14.7. The first-order chi connectivity index (χ1) is 12.1. The lowest BCUT2D eigenvalue weighted by Gasteiger charge is -2.30. The van der Waals surface area contributed by atoms with E-state index in [4.69, 9.17) is 4.74 Å². The first-order valence-corrected chi connectivity index (χ1v) is 8.73. The van der Waals surface area contributed by atoms with Gasteiger partial charge in [-0.3, -0.25) is 4.79 Å². The highest BCUT2D eigenvalue weighted by atomic mass is 19.1. The molecule has 1 aliphatic rings. The maximum absolute atomic E-state index is 13.1. The standard InChI is InChI=1S/C21H24FNO2/c1-15(18-7-8-18)23(14-17-5-11-20(25-2)12-6-17)21(24)13-16-3-9-19(22)10-4-16/h3-6,9-12,15,18H,7-8,13-14H2,1-2H3. The first-order valence-electron chi connectivity index (χ1n) is 8.73. The van der Waals surface area contributed by atoms with Crippen molar-refractivity contribution in [2.75, 3.05) is 7.11 Å². The molecule has 1 fully saturated rings. The van der Waals surface area contributed by atoms with Gasteiger partial charge in [-0.2, -0.15) is 0 Å². The van der Waals surface area contributed by atoms with Crippen LogP contribution in [-0.2, 0) is 17.8 Å². The lowest BCUT2D eigenvalue weighted by Crippen LogP contribution is -2.40. The molecule has 4 heteroatoms. The van der Waals surface area contributed by atoms with Crippen molar-refractivity contribution in [2.45, 2.75) is 38.8 Å². The van der Waals surface area contributed by atoms with Crippen molar-refractivity contribution in [3.05, 3.63) is 65.5 Å². The average molecular weight is 341 g/mol. The molecule has 2 aromatic carbocycles. The monoisotopic (exact) mass is 341 g/mol. The molecule has 1 unspecified atom stereocenters. The summed E-state index contributed by atoms with van der Waals surface area (Å²) in [5.41, 5.74) is 1.93. The lowest BCUT2D eigenvalue weighted by atomic mass is 10.1. The molecule has 0 bridgehead atoms. The lowest BCUT2D eigenvalue weighted by molar-refractivity contribution is -0.133. The second kappa shape index (κ2) is 7.68. The minimum absolute atomic E-state index is 0.0850. The van der Waals surface area contributed by atoms with Gasteiger partial charge in [-0.05, 0) is 61.1 Å². The van der Waals surface area contributed by atoms with E-state index in [1.54, 1.807) is 19.2 Å². The average Bonchev–Trinajstić information content (AvgIpc) is 3.46. The smallest absolute Gasteiger partial charge is 0.227 e. The van der Waals surface area contributed by atoms with E-state index in [-0.39, 0.29) is 17.8 Å². The molecule has 132 valence electrons. The predicted octanol–water partition coefficient (Wildman–Crippen LogP) is 4.20. The van der Waals surface area contributed by atoms with E-state index in [0.717, 1.165) is 16.9 Å². The molecule has 0 N–H and O–H groups in total. The number of benzene rings is 2. The van der Waals surface area contributed by atoms with Crippen molar-refractivity contribution in [1.82, 2.24) is 4.90 Å². The zero-order chi connectivity index (χ0) is 17.8. The first kappa shape index (κ1) is 17.5. The normalized spacial score (nSPS) is 14.8. The quantitative estimate of drug-likeness (QED) is 0.755. The summed E-state index contributed by atoms with van der Waals surface area (Å²) >= 11 is 0. The molecule has 0 radical (unpaired) electrons. The fourth-order valence-corrected chi connectivity index (χ4v) is 3.10. The van der Waals surface area contributed by atoms with E-state index in [0.29, 0.717) is 18.9 Å². The van der Waals surface area contributed by atoms with Crippen LogP contribution in [-0.4, -0.2) is 24.0 Å². The van der Waals surface area contributed by atoms with Gasteiger partial charge in [-0.15, -0.1) is 0 Å². The van der Waals surface area contributed by atoms with E-state index in [2.05, 4.69) is 6.92 Å². The molecule has 3 rings (SSSR count). The van der Waals surface area contributed by atoms with Gasteiger partial charge < -0.3 is 9.64 Å². The van der Waals surface area contributed by atoms with Gasteiger partial charge in [-0.1, -0.05) is 24.3 Å². The van der Waals surface area contributed by atoms with E-state index in [9.17, 15) is 9.18 Å². The summed E-state index contributed by atoms with van der Waals surface area (Å²) in [5, 5.41) is 0. The molecule has 1 atom stereocenters. The van der Waals surface area contributed by atoms with Crippen molar-refractivity contribution >= 4 is 5.91 Å². The fourth-order valence-electron chi connectivity index (χ4n) is 3.10. The van der Waals surface area contributed by atoms with Crippen LogP contribution in [0.5, 0.6) is 5.75 Å². The highest BCUT2D eigenvalue weighted by Gasteiger charge is 2.34. The zero-order valence-electron chi connectivity index (χ0n) is 14.7. The Kier molecular flexibility index (Phi) is 5.37. The van der Waals surface area contributed by atoms with Crippen LogP contribution in [0, 0.1) is 11.7 Å². The number of halogens is 1. The highest BCUT2D eigenvalue weighted by molar-refractivity contribution is 5.79. The van der Waals surface area contributed by atoms with Gasteiger partial charge in [-0.25, -0.2) is 4.39 Å². The number of hydrogen-bond acceptors (Lipinski definition) is 2. The Morgan fingerprint density at radius 1 is 1.12 bits per heavy atom. The van der Waals surface area contributed by atoms with Crippen LogP contribution >= 0.6 is 0 Å². The van der Waals surface area contributed by atoms with Crippen LogP contribution in [0.2, 0.25) is 0 Å². The Labute approximate surface area is 148 Å².